The van der Waals surface area contributed by atoms with E-state index in [4.69, 9.17) is 42.2 Å². The predicted octanol–water partition coefficient (Wildman–Crippen LogP) is 23.7. The van der Waals surface area contributed by atoms with Gasteiger partial charge in [-0.1, -0.05) is 414 Å². The minimum atomic E-state index is -5.64. The summed E-state index contributed by atoms with van der Waals surface area (Å²) >= 11 is 0. The third kappa shape index (κ3) is 66.8. The van der Waals surface area contributed by atoms with Gasteiger partial charge in [0.15, 0.2) is 24.8 Å². The fourth-order valence-electron chi connectivity index (χ4n) is 17.7. The molecular formula is C101H192N2O24P2. The number of phosphoric acid groups is 1. The summed E-state index contributed by atoms with van der Waals surface area (Å²) in [6.45, 7) is 12.0. The minimum absolute atomic E-state index is 0.0959. The maximum Gasteiger partial charge on any atom is 0.470 e. The maximum atomic E-state index is 14.9. The number of esters is 4. The average Bonchev–Trinajstić information content (AvgIpc) is 0.770. The zero-order chi connectivity index (χ0) is 94.7. The molecule has 5 unspecified atom stereocenters. The highest BCUT2D eigenvalue weighted by molar-refractivity contribution is 7.51. The van der Waals surface area contributed by atoms with Crippen molar-refractivity contribution in [1.29, 1.82) is 0 Å². The van der Waals surface area contributed by atoms with Crippen LogP contribution in [-0.2, 0) is 80.1 Å². The summed E-state index contributed by atoms with van der Waals surface area (Å²) in [7, 11) is -10.4. The second-order valence-corrected chi connectivity index (χ2v) is 41.0. The monoisotopic (exact) mass is 1880 g/mol. The van der Waals surface area contributed by atoms with Crippen molar-refractivity contribution in [3.63, 3.8) is 0 Å². The number of hydrogen-bond acceptors (Lipinski definition) is 21. The van der Waals surface area contributed by atoms with E-state index in [2.05, 4.69) is 52.2 Å². The van der Waals surface area contributed by atoms with Gasteiger partial charge in [-0.25, -0.2) is 4.57 Å². The molecule has 2 fully saturated rings. The molecule has 9 N–H and O–H groups in total. The standard InChI is InChI=1S/C101H192N2O24P2/c1-8-14-20-26-32-38-40-42-44-50-56-62-68-74-90(109)120-84(72-66-60-54-48-36-30-24-18-12-5)78-89(108)103-94-98(124-92(111)77-83(106)71-65-59-53-47-35-29-23-17-11-4)96(113)87(123-101(94)127-128(7,114)115)81-119-100-95(102-88(107)76-82(105)70-64-58-52-46-34-28-22-16-10-3)99(97(86(80-104)122-100)126-129(116,117)118)125-93(112)79-85(73-67-61-55-49-37-31-25-19-13-6)121-91(110)75-69-63-57-51-45-43-41-39-33-27-21-15-9-2/h82-87,94-101,104-106,113H,8-81H2,1-7H3,(H,102,107)(H,103,108)(H,114,115)(H2,116,117,118)/t82-,83-,84-,85-,86?,87?,94?,95?,96-,97-,98-,99-,100-,101-/m1/s1. The molecule has 0 aliphatic carbocycles. The number of unbranched alkanes of at least 4 members (excludes halogenated alkanes) is 56. The highest BCUT2D eigenvalue weighted by Crippen LogP contribution is 2.44. The lowest BCUT2D eigenvalue weighted by Crippen LogP contribution is -2.68. The summed E-state index contributed by atoms with van der Waals surface area (Å²) < 4.78 is 81.6. The molecule has 0 saturated carbocycles. The summed E-state index contributed by atoms with van der Waals surface area (Å²) in [5.41, 5.74) is 0. The summed E-state index contributed by atoms with van der Waals surface area (Å²) in [5.74, 6) is -4.77. The Labute approximate surface area is 782 Å². The molecule has 0 aromatic carbocycles. The zero-order valence-corrected chi connectivity index (χ0v) is 84.2. The summed E-state index contributed by atoms with van der Waals surface area (Å²) in [5, 5.41) is 52.3. The number of amides is 2. The molecule has 0 bridgehead atoms. The van der Waals surface area contributed by atoms with Crippen LogP contribution in [0.1, 0.15) is 504 Å². The predicted molar refractivity (Wildman–Crippen MR) is 512 cm³/mol. The van der Waals surface area contributed by atoms with Crippen LogP contribution in [0.2, 0.25) is 0 Å². The van der Waals surface area contributed by atoms with Crippen LogP contribution in [0, 0.1) is 0 Å². The van der Waals surface area contributed by atoms with Gasteiger partial charge in [-0.05, 0) is 51.4 Å². The number of aliphatic hydroxyl groups excluding tert-OH is 4. The number of rotatable bonds is 90. The highest BCUT2D eigenvalue weighted by atomic mass is 31.2. The van der Waals surface area contributed by atoms with Crippen molar-refractivity contribution in [3.05, 3.63) is 0 Å². The van der Waals surface area contributed by atoms with Gasteiger partial charge in [0.2, 0.25) is 11.8 Å². The largest absolute Gasteiger partial charge is 0.470 e. The lowest BCUT2D eigenvalue weighted by atomic mass is 9.95. The molecule has 2 amide bonds. The lowest BCUT2D eigenvalue weighted by Gasteiger charge is -2.47. The molecule has 2 saturated heterocycles. The molecule has 26 nitrogen and oxygen atoms in total. The maximum absolute atomic E-state index is 14.9. The SMILES string of the molecule is CCCCCCCCCCCCCCCC(=O)O[C@H](CCCCCCCCCCC)CC(=O)NC1[C@@H](OP(C)(=O)O)OC(CO[C@@H]2OC(CO)[C@@H](OP(=O)(O)O)[C@H](OC(=O)C[C@@H](CCCCCCCCCCC)OC(=O)CCCCCCCCCCCCCCC)C2NC(=O)C[C@H](O)CCCCCCCCCCC)[C@@H](O)[C@@H]1OC(=O)C[C@H](O)CCCCCCCCCCC. The lowest BCUT2D eigenvalue weighted by molar-refractivity contribution is -0.296. The first-order valence-electron chi connectivity index (χ1n) is 53.0. The van der Waals surface area contributed by atoms with E-state index in [9.17, 15) is 73.0 Å². The van der Waals surface area contributed by atoms with Crippen LogP contribution in [0.4, 0.5) is 0 Å². The third-order valence-electron chi connectivity index (χ3n) is 25.4. The van der Waals surface area contributed by atoms with Gasteiger partial charge in [-0.15, -0.1) is 0 Å². The Hall–Kier alpha value is -3.20. The Kier molecular flexibility index (Phi) is 76.4. The molecule has 0 aromatic heterocycles. The van der Waals surface area contributed by atoms with Crippen LogP contribution >= 0.6 is 15.4 Å². The van der Waals surface area contributed by atoms with E-state index in [0.29, 0.717) is 44.9 Å². The molecule has 760 valence electrons. The first-order chi connectivity index (χ1) is 62.3. The summed E-state index contributed by atoms with van der Waals surface area (Å²) in [6.07, 6.45) is 44.1. The number of hydrogen-bond donors (Lipinski definition) is 9. The van der Waals surface area contributed by atoms with Gasteiger partial charge in [0, 0.05) is 19.5 Å². The van der Waals surface area contributed by atoms with E-state index in [1.165, 1.54) is 141 Å². The van der Waals surface area contributed by atoms with Crippen LogP contribution in [0.15, 0.2) is 0 Å². The average molecular weight is 1880 g/mol. The van der Waals surface area contributed by atoms with E-state index < -0.39 is 176 Å². The zero-order valence-electron chi connectivity index (χ0n) is 82.4. The molecule has 0 aromatic rings. The first kappa shape index (κ1) is 122. The van der Waals surface area contributed by atoms with Crippen LogP contribution in [0.5, 0.6) is 0 Å². The normalized spacial score (nSPS) is 20.4. The second kappa shape index (κ2) is 80.9. The molecule has 0 radical (unpaired) electrons. The molecular weight excluding hydrogens is 1690 g/mol. The van der Waals surface area contributed by atoms with Crippen molar-refractivity contribution < 1.29 is 115 Å². The Morgan fingerprint density at radius 3 is 0.961 bits per heavy atom. The fraction of sp³-hybridized carbons (Fsp3) is 0.941. The van der Waals surface area contributed by atoms with E-state index in [1.54, 1.807) is 0 Å². The van der Waals surface area contributed by atoms with Crippen molar-refractivity contribution in [2.75, 3.05) is 19.9 Å². The van der Waals surface area contributed by atoms with Gasteiger partial charge in [0.25, 0.3) is 0 Å². The van der Waals surface area contributed by atoms with Crippen molar-refractivity contribution in [2.24, 2.45) is 0 Å². The van der Waals surface area contributed by atoms with Gasteiger partial charge in [-0.3, -0.25) is 42.4 Å². The summed E-state index contributed by atoms with van der Waals surface area (Å²) in [6, 6.07) is -3.66. The quantitative estimate of drug-likeness (QED) is 0.0118. The minimum Gasteiger partial charge on any atom is -0.462 e. The molecule has 15 atom stereocenters. The Balaban J connectivity index is 2.75. The van der Waals surface area contributed by atoms with Crippen LogP contribution in [0.3, 0.4) is 0 Å². The molecule has 2 aliphatic rings. The molecule has 129 heavy (non-hydrogen) atoms. The highest BCUT2D eigenvalue weighted by Gasteiger charge is 2.55. The van der Waals surface area contributed by atoms with Crippen molar-refractivity contribution in [2.45, 2.75) is 590 Å². The number of carbonyl (C=O) groups is 6. The Bertz CT molecular complexity index is 2820. The number of carbonyl (C=O) groups excluding carboxylic acids is 6. The van der Waals surface area contributed by atoms with Gasteiger partial charge >= 0.3 is 39.3 Å². The van der Waals surface area contributed by atoms with Gasteiger partial charge in [0.1, 0.15) is 48.7 Å². The van der Waals surface area contributed by atoms with E-state index in [-0.39, 0.29) is 32.1 Å². The fourth-order valence-corrected chi connectivity index (χ4v) is 18.8. The Morgan fingerprint density at radius 2 is 0.620 bits per heavy atom. The Morgan fingerprint density at radius 1 is 0.333 bits per heavy atom. The van der Waals surface area contributed by atoms with Crippen molar-refractivity contribution in [3.8, 4) is 0 Å². The second-order valence-electron chi connectivity index (χ2n) is 38.0. The van der Waals surface area contributed by atoms with Gasteiger partial charge < -0.3 is 78.9 Å². The van der Waals surface area contributed by atoms with Crippen LogP contribution in [-0.4, -0.2) is 176 Å². The van der Waals surface area contributed by atoms with Crippen LogP contribution in [0.25, 0.3) is 0 Å². The number of ether oxygens (including phenoxy) is 7. The molecule has 28 heteroatoms. The van der Waals surface area contributed by atoms with E-state index >= 15 is 0 Å². The smallest absolute Gasteiger partial charge is 0.462 e. The van der Waals surface area contributed by atoms with Crippen molar-refractivity contribution in [1.82, 2.24) is 10.6 Å². The number of aliphatic hydroxyl groups is 4. The number of nitrogens with one attached hydrogen (secondary N) is 2. The topological polar surface area (TPSA) is 385 Å². The van der Waals surface area contributed by atoms with Crippen molar-refractivity contribution >= 4 is 51.1 Å². The van der Waals surface area contributed by atoms with Crippen LogP contribution < -0.4 is 10.6 Å². The first-order valence-corrected chi connectivity index (χ1v) is 56.5. The third-order valence-corrected chi connectivity index (χ3v) is 26.5. The molecule has 2 aliphatic heterocycles. The molecule has 0 spiro atoms. The molecule has 2 rings (SSSR count). The number of phosphoric ester groups is 1. The molecule has 2 heterocycles. The summed E-state index contributed by atoms with van der Waals surface area (Å²) in [4.78, 5) is 119. The van der Waals surface area contributed by atoms with Gasteiger partial charge in [0.05, 0.1) is 51.1 Å². The van der Waals surface area contributed by atoms with E-state index in [0.717, 1.165) is 225 Å². The van der Waals surface area contributed by atoms with Gasteiger partial charge in [-0.2, -0.15) is 0 Å². The van der Waals surface area contributed by atoms with E-state index in [1.807, 2.05) is 0 Å².